The van der Waals surface area contributed by atoms with E-state index < -0.39 is 5.91 Å². The van der Waals surface area contributed by atoms with Crippen molar-refractivity contribution in [2.45, 2.75) is 0 Å². The second-order valence-corrected chi connectivity index (χ2v) is 3.79. The van der Waals surface area contributed by atoms with Crippen LogP contribution >= 0.6 is 11.3 Å². The van der Waals surface area contributed by atoms with Crippen LogP contribution in [-0.2, 0) is 4.79 Å². The van der Waals surface area contributed by atoms with Gasteiger partial charge in [-0.25, -0.2) is 0 Å². The molecule has 0 aromatic carbocycles. The number of hydrogen-bond donors (Lipinski definition) is 2. The van der Waals surface area contributed by atoms with E-state index in [-0.39, 0.29) is 18.2 Å². The van der Waals surface area contributed by atoms with Crippen LogP contribution in [-0.4, -0.2) is 28.6 Å². The predicted octanol–water partition coefficient (Wildman–Crippen LogP) is 0.500. The van der Waals surface area contributed by atoms with Crippen molar-refractivity contribution in [1.29, 1.82) is 0 Å². The molecule has 0 spiro atoms. The molecule has 0 atom stereocenters. The van der Waals surface area contributed by atoms with Crippen molar-refractivity contribution in [3.05, 3.63) is 29.7 Å². The lowest BCUT2D eigenvalue weighted by Gasteiger charge is -2.02. The molecule has 0 aliphatic heterocycles. The maximum atomic E-state index is 11.4. The molecule has 0 saturated heterocycles. The molecular weight excluding hydrogens is 244 g/mol. The van der Waals surface area contributed by atoms with Gasteiger partial charge in [0.15, 0.2) is 5.76 Å². The zero-order valence-electron chi connectivity index (χ0n) is 8.54. The van der Waals surface area contributed by atoms with Crippen LogP contribution in [0.15, 0.2) is 28.3 Å². The summed E-state index contributed by atoms with van der Waals surface area (Å²) >= 11 is 1.20. The zero-order valence-corrected chi connectivity index (χ0v) is 9.36. The third kappa shape index (κ3) is 3.11. The minimum absolute atomic E-state index is 0.154. The number of hydrogen-bond acceptors (Lipinski definition) is 6. The van der Waals surface area contributed by atoms with Gasteiger partial charge >= 0.3 is 0 Å². The summed E-state index contributed by atoms with van der Waals surface area (Å²) in [6, 6.07) is 3.11. The molecule has 2 aromatic rings. The Morgan fingerprint density at radius 3 is 3.00 bits per heavy atom. The predicted molar refractivity (Wildman–Crippen MR) is 59.6 cm³/mol. The molecule has 0 fully saturated rings. The molecule has 0 unspecified atom stereocenters. The first-order valence-corrected chi connectivity index (χ1v) is 5.51. The Morgan fingerprint density at radius 2 is 2.35 bits per heavy atom. The largest absolute Gasteiger partial charge is 0.459 e. The second-order valence-electron chi connectivity index (χ2n) is 2.95. The van der Waals surface area contributed by atoms with Gasteiger partial charge in [-0.1, -0.05) is 11.3 Å². The number of carbonyl (C=O) groups excluding carboxylic acids is 2. The molecule has 0 aliphatic rings. The number of rotatable bonds is 4. The SMILES string of the molecule is O=C(CNC(=O)c1ccco1)Nc1nncs1. The number of amides is 2. The standard InChI is InChI=1S/C9H8N4O3S/c14-7(12-9-13-11-5-17-9)4-10-8(15)6-2-1-3-16-6/h1-3,5H,4H2,(H,10,15)(H,12,13,14). The van der Waals surface area contributed by atoms with Gasteiger partial charge in [0.25, 0.3) is 5.91 Å². The quantitative estimate of drug-likeness (QED) is 0.825. The number of anilines is 1. The fourth-order valence-corrected chi connectivity index (χ4v) is 1.51. The van der Waals surface area contributed by atoms with Gasteiger partial charge < -0.3 is 9.73 Å². The van der Waals surface area contributed by atoms with Crippen molar-refractivity contribution in [1.82, 2.24) is 15.5 Å². The zero-order chi connectivity index (χ0) is 12.1. The van der Waals surface area contributed by atoms with Gasteiger partial charge in [0, 0.05) is 0 Å². The number of nitrogens with one attached hydrogen (secondary N) is 2. The molecule has 0 radical (unpaired) electrons. The summed E-state index contributed by atoms with van der Waals surface area (Å²) in [7, 11) is 0. The number of nitrogens with zero attached hydrogens (tertiary/aromatic N) is 2. The van der Waals surface area contributed by atoms with Crippen LogP contribution in [0.5, 0.6) is 0 Å². The molecule has 2 heterocycles. The third-order valence-corrected chi connectivity index (χ3v) is 2.37. The van der Waals surface area contributed by atoms with E-state index in [1.54, 1.807) is 6.07 Å². The molecule has 17 heavy (non-hydrogen) atoms. The minimum Gasteiger partial charge on any atom is -0.459 e. The summed E-state index contributed by atoms with van der Waals surface area (Å²) < 4.78 is 4.87. The van der Waals surface area contributed by atoms with Crippen molar-refractivity contribution in [3.63, 3.8) is 0 Å². The lowest BCUT2D eigenvalue weighted by Crippen LogP contribution is -2.32. The molecule has 88 valence electrons. The first kappa shape index (κ1) is 11.3. The molecule has 2 rings (SSSR count). The third-order valence-electron chi connectivity index (χ3n) is 1.76. The van der Waals surface area contributed by atoms with Crippen molar-refractivity contribution < 1.29 is 14.0 Å². The maximum absolute atomic E-state index is 11.4. The van der Waals surface area contributed by atoms with E-state index in [1.165, 1.54) is 29.2 Å². The van der Waals surface area contributed by atoms with Crippen molar-refractivity contribution in [3.8, 4) is 0 Å². The molecular formula is C9H8N4O3S. The lowest BCUT2D eigenvalue weighted by atomic mass is 10.4. The van der Waals surface area contributed by atoms with Crippen LogP contribution in [0.1, 0.15) is 10.6 Å². The van der Waals surface area contributed by atoms with E-state index in [4.69, 9.17) is 4.42 Å². The summed E-state index contributed by atoms with van der Waals surface area (Å²) in [6.07, 6.45) is 1.39. The lowest BCUT2D eigenvalue weighted by molar-refractivity contribution is -0.115. The molecule has 7 nitrogen and oxygen atoms in total. The molecule has 2 N–H and O–H groups in total. The molecule has 0 bridgehead atoms. The fraction of sp³-hybridized carbons (Fsp3) is 0.111. The summed E-state index contributed by atoms with van der Waals surface area (Å²) in [5.74, 6) is -0.655. The minimum atomic E-state index is -0.442. The Hall–Kier alpha value is -2.22. The summed E-state index contributed by atoms with van der Waals surface area (Å²) in [6.45, 7) is -0.154. The van der Waals surface area contributed by atoms with Crippen LogP contribution < -0.4 is 10.6 Å². The van der Waals surface area contributed by atoms with Gasteiger partial charge in [0.05, 0.1) is 12.8 Å². The monoisotopic (exact) mass is 252 g/mol. The Morgan fingerprint density at radius 1 is 1.47 bits per heavy atom. The number of furan rings is 1. The summed E-state index contributed by atoms with van der Waals surface area (Å²) in [4.78, 5) is 22.8. The van der Waals surface area contributed by atoms with Crippen LogP contribution in [0.2, 0.25) is 0 Å². The molecule has 8 heteroatoms. The Balaban J connectivity index is 1.79. The molecule has 2 amide bonds. The van der Waals surface area contributed by atoms with Crippen molar-refractivity contribution in [2.24, 2.45) is 0 Å². The van der Waals surface area contributed by atoms with E-state index in [0.29, 0.717) is 5.13 Å². The average Bonchev–Trinajstić information content (AvgIpc) is 2.97. The fourth-order valence-electron chi connectivity index (χ4n) is 1.05. The first-order chi connectivity index (χ1) is 8.25. The summed E-state index contributed by atoms with van der Waals surface area (Å²) in [5, 5.41) is 12.5. The average molecular weight is 252 g/mol. The highest BCUT2D eigenvalue weighted by atomic mass is 32.1. The van der Waals surface area contributed by atoms with Crippen LogP contribution in [0.4, 0.5) is 5.13 Å². The van der Waals surface area contributed by atoms with E-state index >= 15 is 0 Å². The maximum Gasteiger partial charge on any atom is 0.287 e. The van der Waals surface area contributed by atoms with Crippen LogP contribution in [0.25, 0.3) is 0 Å². The highest BCUT2D eigenvalue weighted by molar-refractivity contribution is 7.13. The van der Waals surface area contributed by atoms with Crippen molar-refractivity contribution >= 4 is 28.3 Å². The van der Waals surface area contributed by atoms with Gasteiger partial charge in [-0.3, -0.25) is 14.9 Å². The first-order valence-electron chi connectivity index (χ1n) is 4.63. The van der Waals surface area contributed by atoms with E-state index in [1.807, 2.05) is 0 Å². The Kier molecular flexibility index (Phi) is 3.46. The Labute approximate surface area is 99.8 Å². The van der Waals surface area contributed by atoms with Crippen LogP contribution in [0.3, 0.4) is 0 Å². The normalized spacial score (nSPS) is 9.88. The van der Waals surface area contributed by atoms with E-state index in [0.717, 1.165) is 0 Å². The van der Waals surface area contributed by atoms with E-state index in [9.17, 15) is 9.59 Å². The van der Waals surface area contributed by atoms with E-state index in [2.05, 4.69) is 20.8 Å². The van der Waals surface area contributed by atoms with Crippen LogP contribution in [0, 0.1) is 0 Å². The van der Waals surface area contributed by atoms with Gasteiger partial charge in [0.2, 0.25) is 11.0 Å². The second kappa shape index (κ2) is 5.21. The van der Waals surface area contributed by atoms with Gasteiger partial charge in [-0.2, -0.15) is 0 Å². The number of carbonyl (C=O) groups is 2. The van der Waals surface area contributed by atoms with Gasteiger partial charge in [-0.15, -0.1) is 10.2 Å². The van der Waals surface area contributed by atoms with Gasteiger partial charge in [-0.05, 0) is 12.1 Å². The smallest absolute Gasteiger partial charge is 0.287 e. The highest BCUT2D eigenvalue weighted by Crippen LogP contribution is 2.07. The highest BCUT2D eigenvalue weighted by Gasteiger charge is 2.10. The van der Waals surface area contributed by atoms with Crippen molar-refractivity contribution in [2.75, 3.05) is 11.9 Å². The molecule has 0 saturated carbocycles. The number of aromatic nitrogens is 2. The molecule has 2 aromatic heterocycles. The molecule has 0 aliphatic carbocycles. The Bertz CT molecular complexity index is 494. The topological polar surface area (TPSA) is 97.1 Å². The summed E-state index contributed by atoms with van der Waals surface area (Å²) in [5.41, 5.74) is 1.50. The van der Waals surface area contributed by atoms with Gasteiger partial charge in [0.1, 0.15) is 5.51 Å².